The van der Waals surface area contributed by atoms with Crippen LogP contribution in [-0.2, 0) is 4.74 Å². The van der Waals surface area contributed by atoms with Crippen LogP contribution in [-0.4, -0.2) is 49.3 Å². The average Bonchev–Trinajstić information content (AvgIpc) is 2.53. The predicted molar refractivity (Wildman–Crippen MR) is 80.9 cm³/mol. The van der Waals surface area contributed by atoms with Crippen molar-refractivity contribution in [2.45, 2.75) is 12.8 Å². The molecule has 2 rings (SSSR count). The highest BCUT2D eigenvalue weighted by atomic mass is 16.5. The summed E-state index contributed by atoms with van der Waals surface area (Å²) in [5.41, 5.74) is 1.24. The Morgan fingerprint density at radius 2 is 2.29 bits per heavy atom. The number of ether oxygens (including phenoxy) is 1. The molecule has 1 aliphatic heterocycles. The van der Waals surface area contributed by atoms with Crippen molar-refractivity contribution in [2.24, 2.45) is 5.92 Å². The first-order chi connectivity index (χ1) is 10.2. The van der Waals surface area contributed by atoms with Crippen LogP contribution in [0.3, 0.4) is 0 Å². The molecule has 1 heterocycles. The van der Waals surface area contributed by atoms with Gasteiger partial charge in [-0.15, -0.1) is 0 Å². The van der Waals surface area contributed by atoms with Crippen LogP contribution in [0.2, 0.25) is 0 Å². The lowest BCUT2D eigenvalue weighted by molar-refractivity contribution is 0.0388. The summed E-state index contributed by atoms with van der Waals surface area (Å²) < 4.78 is 5.46. The number of hydrogen-bond acceptors (Lipinski definition) is 3. The third kappa shape index (κ3) is 4.32. The Labute approximate surface area is 125 Å². The lowest BCUT2D eigenvalue weighted by atomic mass is 10.0. The average molecular weight is 287 g/mol. The van der Waals surface area contributed by atoms with Crippen molar-refractivity contribution < 1.29 is 14.6 Å². The van der Waals surface area contributed by atoms with E-state index in [9.17, 15) is 4.79 Å². The fourth-order valence-electron chi connectivity index (χ4n) is 2.54. The molecule has 1 fully saturated rings. The number of rotatable bonds is 3. The summed E-state index contributed by atoms with van der Waals surface area (Å²) in [7, 11) is 1.81. The smallest absolute Gasteiger partial charge is 0.254 e. The number of aliphatic hydroxyl groups excluding tert-OH is 1. The first kappa shape index (κ1) is 15.6. The Balaban J connectivity index is 2.08. The number of carbonyl (C=O) groups is 1. The Kier molecular flexibility index (Phi) is 5.79. The van der Waals surface area contributed by atoms with Crippen molar-refractivity contribution in [1.82, 2.24) is 4.90 Å². The van der Waals surface area contributed by atoms with Crippen LogP contribution in [0.15, 0.2) is 24.3 Å². The van der Waals surface area contributed by atoms with Crippen LogP contribution in [0.1, 0.15) is 28.8 Å². The molecule has 1 amide bonds. The maximum Gasteiger partial charge on any atom is 0.254 e. The lowest BCUT2D eigenvalue weighted by Crippen LogP contribution is -2.35. The van der Waals surface area contributed by atoms with Gasteiger partial charge in [-0.05, 0) is 30.9 Å². The largest absolute Gasteiger partial charge is 0.384 e. The van der Waals surface area contributed by atoms with Crippen molar-refractivity contribution >= 4 is 5.91 Å². The summed E-state index contributed by atoms with van der Waals surface area (Å²) in [6.07, 6.45) is 2.16. The van der Waals surface area contributed by atoms with Crippen molar-refractivity contribution in [2.75, 3.05) is 33.4 Å². The fraction of sp³-hybridized carbons (Fsp3) is 0.471. The van der Waals surface area contributed by atoms with E-state index in [0.717, 1.165) is 26.1 Å². The van der Waals surface area contributed by atoms with Gasteiger partial charge in [0.25, 0.3) is 5.91 Å². The van der Waals surface area contributed by atoms with E-state index in [1.165, 1.54) is 0 Å². The second kappa shape index (κ2) is 7.82. The molecule has 0 saturated carbocycles. The molecule has 1 aromatic carbocycles. The highest BCUT2D eigenvalue weighted by molar-refractivity contribution is 5.96. The van der Waals surface area contributed by atoms with Crippen LogP contribution in [0.4, 0.5) is 0 Å². The molecule has 4 nitrogen and oxygen atoms in total. The van der Waals surface area contributed by atoms with Crippen LogP contribution in [0.5, 0.6) is 0 Å². The maximum atomic E-state index is 12.6. The van der Waals surface area contributed by atoms with Crippen LogP contribution in [0.25, 0.3) is 0 Å². The van der Waals surface area contributed by atoms with Gasteiger partial charge in [0.2, 0.25) is 0 Å². The van der Waals surface area contributed by atoms with E-state index < -0.39 is 0 Å². The third-order valence-corrected chi connectivity index (χ3v) is 3.59. The van der Waals surface area contributed by atoms with E-state index in [2.05, 4.69) is 11.8 Å². The van der Waals surface area contributed by atoms with Crippen LogP contribution >= 0.6 is 0 Å². The van der Waals surface area contributed by atoms with Crippen molar-refractivity contribution in [3.63, 3.8) is 0 Å². The van der Waals surface area contributed by atoms with Gasteiger partial charge in [-0.1, -0.05) is 24.0 Å². The fourth-order valence-corrected chi connectivity index (χ4v) is 2.54. The third-order valence-electron chi connectivity index (χ3n) is 3.59. The zero-order chi connectivity index (χ0) is 15.1. The standard InChI is InChI=1S/C17H21NO3/c1-18(12-14-6-5-11-21-13-14)17(20)16-9-3-2-7-15(16)8-4-10-19/h2-3,7,9,14,19H,5-6,10-13H2,1H3. The minimum absolute atomic E-state index is 0.0385. The molecule has 0 aliphatic carbocycles. The van der Waals surface area contributed by atoms with E-state index in [0.29, 0.717) is 23.6 Å². The first-order valence-corrected chi connectivity index (χ1v) is 7.24. The Bertz CT molecular complexity index is 538. The van der Waals surface area contributed by atoms with Gasteiger partial charge in [-0.3, -0.25) is 4.79 Å². The minimum Gasteiger partial charge on any atom is -0.384 e. The molecule has 21 heavy (non-hydrogen) atoms. The molecule has 4 heteroatoms. The van der Waals surface area contributed by atoms with Gasteiger partial charge in [0, 0.05) is 25.8 Å². The topological polar surface area (TPSA) is 49.8 Å². The molecule has 1 aliphatic rings. The molecular weight excluding hydrogens is 266 g/mol. The molecule has 0 spiro atoms. The van der Waals surface area contributed by atoms with Crippen LogP contribution < -0.4 is 0 Å². The zero-order valence-electron chi connectivity index (χ0n) is 12.3. The summed E-state index contributed by atoms with van der Waals surface area (Å²) in [5.74, 6) is 5.79. The SMILES string of the molecule is CN(CC1CCCOC1)C(=O)c1ccccc1C#CCO. The summed E-state index contributed by atoms with van der Waals surface area (Å²) in [5, 5.41) is 8.80. The van der Waals surface area contributed by atoms with Gasteiger partial charge >= 0.3 is 0 Å². The molecule has 0 aromatic heterocycles. The summed E-state index contributed by atoms with van der Waals surface area (Å²) in [6.45, 7) is 2.04. The van der Waals surface area contributed by atoms with E-state index in [4.69, 9.17) is 9.84 Å². The Morgan fingerprint density at radius 1 is 1.48 bits per heavy atom. The highest BCUT2D eigenvalue weighted by Crippen LogP contribution is 2.16. The van der Waals surface area contributed by atoms with Gasteiger partial charge in [0.05, 0.1) is 12.2 Å². The van der Waals surface area contributed by atoms with Crippen molar-refractivity contribution in [3.05, 3.63) is 35.4 Å². The number of hydrogen-bond donors (Lipinski definition) is 1. The number of carbonyl (C=O) groups excluding carboxylic acids is 1. The zero-order valence-corrected chi connectivity index (χ0v) is 12.3. The van der Waals surface area contributed by atoms with E-state index >= 15 is 0 Å². The monoisotopic (exact) mass is 287 g/mol. The van der Waals surface area contributed by atoms with Crippen molar-refractivity contribution in [3.8, 4) is 11.8 Å². The number of nitrogens with zero attached hydrogens (tertiary/aromatic N) is 1. The Morgan fingerprint density at radius 3 is 3.00 bits per heavy atom. The number of aliphatic hydroxyl groups is 1. The van der Waals surface area contributed by atoms with Crippen LogP contribution in [0, 0.1) is 17.8 Å². The predicted octanol–water partition coefficient (Wildman–Crippen LogP) is 1.53. The first-order valence-electron chi connectivity index (χ1n) is 7.24. The van der Waals surface area contributed by atoms with Gasteiger partial charge < -0.3 is 14.7 Å². The normalized spacial score (nSPS) is 17.7. The summed E-state index contributed by atoms with van der Waals surface area (Å²) in [4.78, 5) is 14.3. The number of amides is 1. The summed E-state index contributed by atoms with van der Waals surface area (Å²) in [6, 6.07) is 7.24. The maximum absolute atomic E-state index is 12.6. The summed E-state index contributed by atoms with van der Waals surface area (Å²) >= 11 is 0. The van der Waals surface area contributed by atoms with Gasteiger partial charge in [-0.2, -0.15) is 0 Å². The van der Waals surface area contributed by atoms with Gasteiger partial charge in [0.1, 0.15) is 6.61 Å². The minimum atomic E-state index is -0.211. The molecule has 1 saturated heterocycles. The second-order valence-corrected chi connectivity index (χ2v) is 5.27. The molecule has 1 aromatic rings. The number of benzene rings is 1. The van der Waals surface area contributed by atoms with Crippen molar-refractivity contribution in [1.29, 1.82) is 0 Å². The molecule has 1 atom stereocenters. The highest BCUT2D eigenvalue weighted by Gasteiger charge is 2.20. The molecule has 112 valence electrons. The lowest BCUT2D eigenvalue weighted by Gasteiger charge is -2.27. The molecule has 0 radical (unpaired) electrons. The second-order valence-electron chi connectivity index (χ2n) is 5.27. The van der Waals surface area contributed by atoms with E-state index in [1.807, 2.05) is 19.2 Å². The molecular formula is C17H21NO3. The molecule has 1 unspecified atom stereocenters. The van der Waals surface area contributed by atoms with E-state index in [-0.39, 0.29) is 12.5 Å². The van der Waals surface area contributed by atoms with Gasteiger partial charge in [-0.25, -0.2) is 0 Å². The molecule has 1 N–H and O–H groups in total. The van der Waals surface area contributed by atoms with E-state index in [1.54, 1.807) is 17.0 Å². The molecule has 0 bridgehead atoms. The van der Waals surface area contributed by atoms with Gasteiger partial charge in [0.15, 0.2) is 0 Å². The quantitative estimate of drug-likeness (QED) is 0.858. The Hall–Kier alpha value is -1.83.